The van der Waals surface area contributed by atoms with Gasteiger partial charge in [0.1, 0.15) is 0 Å². The predicted octanol–water partition coefficient (Wildman–Crippen LogP) is 2.33. The SMILES string of the molecule is CC[N+](C)(C)[O][Ti](=[O])([O]C(C)C)([N+](C)(C)CC)[N+](C)(C)CC. The molecule has 0 amide bonds. The maximum atomic E-state index is 14.8. The number of nitrogens with zero attached hydrogens (tertiary/aromatic N) is 3. The second-order valence-electron chi connectivity index (χ2n) is 8.05. The zero-order valence-corrected chi connectivity index (χ0v) is 18.3. The van der Waals surface area contributed by atoms with Gasteiger partial charge in [0, 0.05) is 0 Å². The molecule has 0 unspecified atom stereocenters. The molecular weight excluding hydrogens is 318 g/mol. The monoisotopic (exact) mass is 358 g/mol. The summed E-state index contributed by atoms with van der Waals surface area (Å²) in [4.78, 5) is 0. The topological polar surface area (TPSA) is 35.5 Å². The molecule has 22 heavy (non-hydrogen) atoms. The fraction of sp³-hybridized carbons (Fsp3) is 1.00. The maximum absolute atomic E-state index is 14.8. The fourth-order valence-corrected chi connectivity index (χ4v) is 11.1. The van der Waals surface area contributed by atoms with E-state index in [4.69, 9.17) is 6.74 Å². The van der Waals surface area contributed by atoms with Crippen LogP contribution in [0.4, 0.5) is 0 Å². The molecule has 0 aliphatic rings. The molecule has 7 heteroatoms. The first-order valence-electron chi connectivity index (χ1n) is 8.39. The fourth-order valence-electron chi connectivity index (χ4n) is 2.68. The van der Waals surface area contributed by atoms with Crippen LogP contribution in [0.5, 0.6) is 0 Å². The molecule has 0 aliphatic carbocycles. The Morgan fingerprint density at radius 2 is 1.18 bits per heavy atom. The van der Waals surface area contributed by atoms with Gasteiger partial charge in [-0.15, -0.1) is 0 Å². The molecule has 0 aromatic rings. The van der Waals surface area contributed by atoms with Crippen molar-refractivity contribution in [2.24, 2.45) is 0 Å². The molecule has 0 rings (SSSR count). The molecule has 6 nitrogen and oxygen atoms in total. The van der Waals surface area contributed by atoms with E-state index in [0.29, 0.717) is 13.1 Å². The summed E-state index contributed by atoms with van der Waals surface area (Å²) in [6.45, 7) is 12.0. The normalized spacial score (nSPS) is 15.5. The molecule has 0 N–H and O–H groups in total. The van der Waals surface area contributed by atoms with Crippen LogP contribution in [0.3, 0.4) is 0 Å². The van der Waals surface area contributed by atoms with Crippen LogP contribution in [-0.4, -0.2) is 78.6 Å². The summed E-state index contributed by atoms with van der Waals surface area (Å²) >= 11 is -5.26. The van der Waals surface area contributed by atoms with Gasteiger partial charge in [-0.05, 0) is 0 Å². The zero-order valence-electron chi connectivity index (χ0n) is 16.8. The van der Waals surface area contributed by atoms with E-state index in [1.165, 1.54) is 0 Å². The van der Waals surface area contributed by atoms with Crippen molar-refractivity contribution in [2.75, 3.05) is 61.9 Å². The van der Waals surface area contributed by atoms with Gasteiger partial charge in [-0.25, -0.2) is 0 Å². The number of hydrogen-bond donors (Lipinski definition) is 0. The molecule has 0 saturated heterocycles. The van der Waals surface area contributed by atoms with Crippen molar-refractivity contribution in [1.82, 2.24) is 0 Å². The van der Waals surface area contributed by atoms with E-state index >= 15 is 0 Å². The Bertz CT molecular complexity index is 425. The average molecular weight is 358 g/mol. The molecule has 0 spiro atoms. The van der Waals surface area contributed by atoms with Crippen molar-refractivity contribution < 1.29 is 37.2 Å². The molecule has 134 valence electrons. The van der Waals surface area contributed by atoms with Crippen molar-refractivity contribution in [1.29, 1.82) is 0 Å². The zero-order chi connectivity index (χ0) is 18.1. The van der Waals surface area contributed by atoms with Crippen molar-refractivity contribution in [2.45, 2.75) is 40.7 Å². The van der Waals surface area contributed by atoms with Gasteiger partial charge in [0.05, 0.1) is 0 Å². The number of quaternary nitrogens is 3. The van der Waals surface area contributed by atoms with E-state index in [1.54, 1.807) is 0 Å². The van der Waals surface area contributed by atoms with Gasteiger partial charge in [0.25, 0.3) is 0 Å². The van der Waals surface area contributed by atoms with Gasteiger partial charge in [-0.3, -0.25) is 0 Å². The summed E-state index contributed by atoms with van der Waals surface area (Å²) in [5.74, 6) is 0. The molecule has 0 saturated carbocycles. The number of hydrogen-bond acceptors (Lipinski definition) is 3. The van der Waals surface area contributed by atoms with Crippen LogP contribution < -0.4 is 0 Å². The van der Waals surface area contributed by atoms with Gasteiger partial charge < -0.3 is 0 Å². The van der Waals surface area contributed by atoms with Crippen LogP contribution in [-0.2, 0) is 26.6 Å². The number of rotatable bonds is 9. The van der Waals surface area contributed by atoms with Crippen LogP contribution >= 0.6 is 0 Å². The first-order chi connectivity index (χ1) is 9.63. The molecule has 0 aromatic carbocycles. The third-order valence-electron chi connectivity index (χ3n) is 5.21. The first-order valence-corrected chi connectivity index (χ1v) is 11.7. The van der Waals surface area contributed by atoms with E-state index in [2.05, 4.69) is 0 Å². The van der Waals surface area contributed by atoms with Gasteiger partial charge in [0.2, 0.25) is 0 Å². The second kappa shape index (κ2) is 6.67. The molecule has 0 aliphatic heterocycles. The minimum atomic E-state index is -5.26. The van der Waals surface area contributed by atoms with Crippen molar-refractivity contribution in [3.8, 4) is 0 Å². The van der Waals surface area contributed by atoms with Crippen molar-refractivity contribution in [3.05, 3.63) is 0 Å². The Kier molecular flexibility index (Phi) is 6.77. The van der Waals surface area contributed by atoms with Crippen molar-refractivity contribution in [3.63, 3.8) is 0 Å². The average Bonchev–Trinajstić information content (AvgIpc) is 2.36. The first kappa shape index (κ1) is 22.3. The Labute approximate surface area is 140 Å². The Morgan fingerprint density at radius 3 is 1.41 bits per heavy atom. The molecule has 0 radical (unpaired) electrons. The van der Waals surface area contributed by atoms with Gasteiger partial charge in [-0.2, -0.15) is 0 Å². The van der Waals surface area contributed by atoms with E-state index in [9.17, 15) is 3.32 Å². The third kappa shape index (κ3) is 3.53. The molecular formula is C15H40N3O3Ti+3. The summed E-state index contributed by atoms with van der Waals surface area (Å²) in [6, 6.07) is 0. The van der Waals surface area contributed by atoms with E-state index in [-0.39, 0.29) is 16.7 Å². The number of hydroxylamine groups is 3. The minimum absolute atomic E-state index is 0.167. The van der Waals surface area contributed by atoms with E-state index in [1.807, 2.05) is 76.9 Å². The van der Waals surface area contributed by atoms with E-state index < -0.39 is 16.6 Å². The van der Waals surface area contributed by atoms with Gasteiger partial charge in [0.15, 0.2) is 0 Å². The summed E-state index contributed by atoms with van der Waals surface area (Å²) in [5.41, 5.74) is 0. The quantitative estimate of drug-likeness (QED) is 0.361. The summed E-state index contributed by atoms with van der Waals surface area (Å²) < 4.78 is 28.4. The van der Waals surface area contributed by atoms with Crippen LogP contribution in [0, 0.1) is 0 Å². The summed E-state index contributed by atoms with van der Waals surface area (Å²) in [6.07, 6.45) is -0.167. The van der Waals surface area contributed by atoms with Crippen LogP contribution in [0.1, 0.15) is 34.6 Å². The van der Waals surface area contributed by atoms with Crippen LogP contribution in [0.25, 0.3) is 0 Å². The molecule has 0 aromatic heterocycles. The summed E-state index contributed by atoms with van der Waals surface area (Å²) in [5, 5.41) is 0. The molecule has 0 heterocycles. The van der Waals surface area contributed by atoms with Gasteiger partial charge in [-0.1, -0.05) is 0 Å². The van der Waals surface area contributed by atoms with Crippen LogP contribution in [0.15, 0.2) is 0 Å². The van der Waals surface area contributed by atoms with Gasteiger partial charge >= 0.3 is 140 Å². The predicted molar refractivity (Wildman–Crippen MR) is 85.9 cm³/mol. The standard InChI is InChI=1S/C4H11NO.2C4H11N.C3H7O.O.Ti/c1-4-5(2,3)6;2*1-4-5(2)3;1-3(2)4;;/h4H2,1-3H3;2*4H2,1-3H3;3H,1-2H3;;/q;;;-1;;+4. The Morgan fingerprint density at radius 1 is 0.818 bits per heavy atom. The Hall–Kier alpha value is 0.314. The van der Waals surface area contributed by atoms with E-state index in [0.717, 1.165) is 6.54 Å². The Balaban J connectivity index is 6.65. The second-order valence-corrected chi connectivity index (χ2v) is 15.3. The molecule has 0 bridgehead atoms. The summed E-state index contributed by atoms with van der Waals surface area (Å²) in [7, 11) is 11.8. The third-order valence-corrected chi connectivity index (χ3v) is 15.1. The van der Waals surface area contributed by atoms with Crippen LogP contribution in [0.2, 0.25) is 0 Å². The molecule has 0 atom stereocenters. The molecule has 0 fully saturated rings. The van der Waals surface area contributed by atoms with Crippen molar-refractivity contribution >= 4 is 0 Å².